The van der Waals surface area contributed by atoms with Crippen molar-refractivity contribution < 1.29 is 29.7 Å². The van der Waals surface area contributed by atoms with Gasteiger partial charge in [-0.25, -0.2) is 14.8 Å². The van der Waals surface area contributed by atoms with Gasteiger partial charge in [0.1, 0.15) is 13.2 Å². The van der Waals surface area contributed by atoms with Gasteiger partial charge in [0.2, 0.25) is 5.01 Å². The summed E-state index contributed by atoms with van der Waals surface area (Å²) in [6.45, 7) is 1.47. The van der Waals surface area contributed by atoms with E-state index in [2.05, 4.69) is 19.6 Å². The molecule has 0 aliphatic rings. The number of carboxylic acids is 1. The SMILES string of the molecule is Cc1nc(Cc2nc(C(=O)O)sc2CCO[N+](=O)[O-])sc1CCO[N+](=O)[O-]. The Morgan fingerprint density at radius 2 is 1.67 bits per heavy atom. The molecule has 0 bridgehead atoms. The molecule has 2 aromatic rings. The maximum absolute atomic E-state index is 11.2. The molecular formula is C13H14N4O8S2. The maximum Gasteiger partial charge on any atom is 0.365 e. The molecule has 0 aliphatic carbocycles. The van der Waals surface area contributed by atoms with E-state index in [1.807, 2.05) is 0 Å². The van der Waals surface area contributed by atoms with Crippen LogP contribution in [0, 0.1) is 27.2 Å². The molecule has 0 spiro atoms. The first kappa shape index (κ1) is 20.4. The smallest absolute Gasteiger partial charge is 0.365 e. The van der Waals surface area contributed by atoms with E-state index in [-0.39, 0.29) is 31.1 Å². The zero-order chi connectivity index (χ0) is 20.0. The van der Waals surface area contributed by atoms with E-state index in [0.29, 0.717) is 27.7 Å². The standard InChI is InChI=1S/C13H14N4O8S2/c1-7-9(2-4-24-16(20)21)26-11(14-7)6-8-10(3-5-25-17(22)23)27-12(15-8)13(18)19/h2-6H2,1H3,(H,18,19). The molecular weight excluding hydrogens is 404 g/mol. The lowest BCUT2D eigenvalue weighted by molar-refractivity contribution is -0.757. The number of aromatic carboxylic acids is 1. The molecule has 0 saturated heterocycles. The summed E-state index contributed by atoms with van der Waals surface area (Å²) >= 11 is 2.26. The highest BCUT2D eigenvalue weighted by atomic mass is 32.1. The third-order valence-corrected chi connectivity index (χ3v) is 5.63. The van der Waals surface area contributed by atoms with Gasteiger partial charge >= 0.3 is 5.97 Å². The van der Waals surface area contributed by atoms with Gasteiger partial charge in [-0.05, 0) is 6.92 Å². The molecule has 0 radical (unpaired) electrons. The highest BCUT2D eigenvalue weighted by molar-refractivity contribution is 7.13. The number of aromatic nitrogens is 2. The molecule has 12 nitrogen and oxygen atoms in total. The van der Waals surface area contributed by atoms with Crippen molar-refractivity contribution >= 4 is 28.6 Å². The molecule has 0 fully saturated rings. The average molecular weight is 418 g/mol. The minimum atomic E-state index is -1.18. The summed E-state index contributed by atoms with van der Waals surface area (Å²) in [4.78, 5) is 50.0. The van der Waals surface area contributed by atoms with Crippen molar-refractivity contribution in [2.45, 2.75) is 26.2 Å². The Kier molecular flexibility index (Phi) is 6.95. The molecule has 0 aromatic carbocycles. The zero-order valence-electron chi connectivity index (χ0n) is 13.9. The van der Waals surface area contributed by atoms with Gasteiger partial charge in [0.15, 0.2) is 0 Å². The first-order chi connectivity index (χ1) is 12.8. The van der Waals surface area contributed by atoms with Gasteiger partial charge in [0.05, 0.1) is 16.4 Å². The Labute approximate surface area is 159 Å². The normalized spacial score (nSPS) is 10.6. The van der Waals surface area contributed by atoms with Crippen LogP contribution in [0.1, 0.15) is 36.0 Å². The molecule has 0 atom stereocenters. The van der Waals surface area contributed by atoms with Gasteiger partial charge in [-0.2, -0.15) is 0 Å². The fraction of sp³-hybridized carbons (Fsp3) is 0.462. The van der Waals surface area contributed by atoms with Crippen LogP contribution in [-0.4, -0.2) is 44.4 Å². The monoisotopic (exact) mass is 418 g/mol. The summed E-state index contributed by atoms with van der Waals surface area (Å²) in [5.41, 5.74) is 1.17. The van der Waals surface area contributed by atoms with Crippen molar-refractivity contribution in [1.82, 2.24) is 9.97 Å². The minimum Gasteiger partial charge on any atom is -0.476 e. The van der Waals surface area contributed by atoms with Crippen LogP contribution in [0.15, 0.2) is 0 Å². The quantitative estimate of drug-likeness (QED) is 0.419. The molecule has 27 heavy (non-hydrogen) atoms. The number of hydrogen-bond donors (Lipinski definition) is 1. The van der Waals surface area contributed by atoms with Crippen LogP contribution in [0.3, 0.4) is 0 Å². The Morgan fingerprint density at radius 3 is 2.22 bits per heavy atom. The summed E-state index contributed by atoms with van der Waals surface area (Å²) in [5, 5.41) is 28.4. The van der Waals surface area contributed by atoms with Crippen LogP contribution < -0.4 is 0 Å². The summed E-state index contributed by atoms with van der Waals surface area (Å²) in [5.74, 6) is -1.18. The molecule has 0 amide bonds. The second-order valence-electron chi connectivity index (χ2n) is 5.10. The molecule has 0 unspecified atom stereocenters. The van der Waals surface area contributed by atoms with E-state index >= 15 is 0 Å². The Morgan fingerprint density at radius 1 is 1.07 bits per heavy atom. The number of hydrogen-bond acceptors (Lipinski definition) is 11. The fourth-order valence-corrected chi connectivity index (χ4v) is 4.13. The maximum atomic E-state index is 11.2. The predicted octanol–water partition coefficient (Wildman–Crippen LogP) is 1.70. The Bertz CT molecular complexity index is 849. The molecule has 2 rings (SSSR count). The summed E-state index contributed by atoms with van der Waals surface area (Å²) in [7, 11) is 0. The zero-order valence-corrected chi connectivity index (χ0v) is 15.6. The van der Waals surface area contributed by atoms with E-state index < -0.39 is 16.1 Å². The topological polar surface area (TPSA) is 168 Å². The van der Waals surface area contributed by atoms with Gasteiger partial charge < -0.3 is 14.8 Å². The van der Waals surface area contributed by atoms with Crippen molar-refractivity contribution in [2.24, 2.45) is 0 Å². The van der Waals surface area contributed by atoms with E-state index in [0.717, 1.165) is 16.2 Å². The number of thiazole rings is 2. The van der Waals surface area contributed by atoms with E-state index in [1.165, 1.54) is 11.3 Å². The van der Waals surface area contributed by atoms with Crippen molar-refractivity contribution in [2.75, 3.05) is 13.2 Å². The van der Waals surface area contributed by atoms with Gasteiger partial charge in [-0.3, -0.25) is 0 Å². The molecule has 1 N–H and O–H groups in total. The van der Waals surface area contributed by atoms with E-state index in [9.17, 15) is 25.0 Å². The van der Waals surface area contributed by atoms with Crippen LogP contribution in [0.4, 0.5) is 0 Å². The van der Waals surface area contributed by atoms with Gasteiger partial charge in [0, 0.05) is 29.0 Å². The second-order valence-corrected chi connectivity index (χ2v) is 7.35. The van der Waals surface area contributed by atoms with E-state index in [4.69, 9.17) is 5.11 Å². The third kappa shape index (κ3) is 6.10. The predicted molar refractivity (Wildman–Crippen MR) is 92.0 cm³/mol. The van der Waals surface area contributed by atoms with Gasteiger partial charge in [-0.15, -0.1) is 42.9 Å². The average Bonchev–Trinajstić information content (AvgIpc) is 3.11. The van der Waals surface area contributed by atoms with Crippen molar-refractivity contribution in [3.8, 4) is 0 Å². The van der Waals surface area contributed by atoms with E-state index in [1.54, 1.807) is 6.92 Å². The van der Waals surface area contributed by atoms with Crippen molar-refractivity contribution in [1.29, 1.82) is 0 Å². The molecule has 14 heteroatoms. The van der Waals surface area contributed by atoms with Crippen molar-refractivity contribution in [3.63, 3.8) is 0 Å². The Balaban J connectivity index is 2.12. The summed E-state index contributed by atoms with van der Waals surface area (Å²) < 4.78 is 0. The largest absolute Gasteiger partial charge is 0.476 e. The highest BCUT2D eigenvalue weighted by Gasteiger charge is 2.18. The molecule has 2 heterocycles. The molecule has 0 saturated carbocycles. The van der Waals surface area contributed by atoms with Gasteiger partial charge in [-0.1, -0.05) is 0 Å². The second kappa shape index (κ2) is 9.18. The van der Waals surface area contributed by atoms with Crippen LogP contribution >= 0.6 is 22.7 Å². The molecule has 0 aliphatic heterocycles. The van der Waals surface area contributed by atoms with Crippen LogP contribution in [-0.2, 0) is 28.9 Å². The first-order valence-electron chi connectivity index (χ1n) is 7.48. The van der Waals surface area contributed by atoms with Gasteiger partial charge in [0.25, 0.3) is 10.2 Å². The van der Waals surface area contributed by atoms with Crippen molar-refractivity contribution in [3.05, 3.63) is 51.4 Å². The number of nitrogens with zero attached hydrogens (tertiary/aromatic N) is 4. The lowest BCUT2D eigenvalue weighted by atomic mass is 10.2. The lowest BCUT2D eigenvalue weighted by Gasteiger charge is -2.00. The molecule has 146 valence electrons. The fourth-order valence-electron chi connectivity index (χ4n) is 2.17. The van der Waals surface area contributed by atoms with Crippen LogP contribution in [0.5, 0.6) is 0 Å². The number of carbonyl (C=O) groups is 1. The first-order valence-corrected chi connectivity index (χ1v) is 9.11. The third-order valence-electron chi connectivity index (χ3n) is 3.27. The molecule has 2 aromatic heterocycles. The number of aryl methyl sites for hydroxylation is 1. The minimum absolute atomic E-state index is 0.0845. The Hall–Kier alpha value is -2.87. The number of carboxylic acid groups (broad SMARTS) is 1. The summed E-state index contributed by atoms with van der Waals surface area (Å²) in [6, 6.07) is 0. The lowest BCUT2D eigenvalue weighted by Crippen LogP contribution is -2.05. The van der Waals surface area contributed by atoms with Crippen LogP contribution in [0.25, 0.3) is 0 Å². The summed E-state index contributed by atoms with van der Waals surface area (Å²) in [6.07, 6.45) is 0.722. The van der Waals surface area contributed by atoms with Crippen LogP contribution in [0.2, 0.25) is 0 Å². The highest BCUT2D eigenvalue weighted by Crippen LogP contribution is 2.26. The number of rotatable bonds is 11.